The van der Waals surface area contributed by atoms with Gasteiger partial charge < -0.3 is 10.1 Å². The number of hydrogen-bond acceptors (Lipinski definition) is 4. The van der Waals surface area contributed by atoms with Crippen LogP contribution in [0.15, 0.2) is 6.07 Å². The van der Waals surface area contributed by atoms with Crippen molar-refractivity contribution in [2.45, 2.75) is 26.7 Å². The Labute approximate surface area is 108 Å². The first-order valence-corrected chi connectivity index (χ1v) is 6.40. The van der Waals surface area contributed by atoms with E-state index in [0.717, 1.165) is 37.4 Å². The summed E-state index contributed by atoms with van der Waals surface area (Å²) in [6.07, 6.45) is 2.30. The van der Waals surface area contributed by atoms with Crippen molar-refractivity contribution in [1.29, 1.82) is 5.26 Å². The lowest BCUT2D eigenvalue weighted by molar-refractivity contribution is 0.0595. The van der Waals surface area contributed by atoms with Crippen molar-refractivity contribution in [1.82, 2.24) is 4.98 Å². The topological polar surface area (TPSA) is 57.9 Å². The summed E-state index contributed by atoms with van der Waals surface area (Å²) in [6.45, 7) is 6.40. The molecule has 1 saturated heterocycles. The lowest BCUT2D eigenvalue weighted by Gasteiger charge is -2.22. The summed E-state index contributed by atoms with van der Waals surface area (Å²) in [5.41, 5.74) is 2.57. The van der Waals surface area contributed by atoms with Gasteiger partial charge in [-0.1, -0.05) is 0 Å². The molecule has 4 heteroatoms. The molecule has 1 aromatic heterocycles. The molecule has 1 aliphatic rings. The predicted molar refractivity (Wildman–Crippen MR) is 70.5 cm³/mol. The minimum atomic E-state index is 0.521. The average Bonchev–Trinajstić information content (AvgIpc) is 2.37. The number of rotatable bonds is 3. The van der Waals surface area contributed by atoms with Gasteiger partial charge in [-0.3, -0.25) is 0 Å². The Hall–Kier alpha value is -1.60. The molecule has 1 aliphatic heterocycles. The number of aromatic nitrogens is 1. The maximum Gasteiger partial charge on any atom is 0.144 e. The van der Waals surface area contributed by atoms with Gasteiger partial charge in [-0.05, 0) is 44.2 Å². The van der Waals surface area contributed by atoms with Crippen molar-refractivity contribution in [3.63, 3.8) is 0 Å². The highest BCUT2D eigenvalue weighted by Gasteiger charge is 2.15. The summed E-state index contributed by atoms with van der Waals surface area (Å²) >= 11 is 0. The fraction of sp³-hybridized carbons (Fsp3) is 0.571. The standard InChI is InChI=1S/C14H19N3O/c1-10-6-11(2)17-14(13(10)7-15)16-8-12-4-3-5-18-9-12/h6,12H,3-5,8-9H2,1-2H3,(H,16,17). The second kappa shape index (κ2) is 5.83. The highest BCUT2D eigenvalue weighted by molar-refractivity contribution is 5.56. The third-order valence-electron chi connectivity index (χ3n) is 3.27. The number of nitrogens with one attached hydrogen (secondary N) is 1. The number of pyridine rings is 1. The van der Waals surface area contributed by atoms with Crippen LogP contribution in [0.25, 0.3) is 0 Å². The van der Waals surface area contributed by atoms with Crippen LogP contribution >= 0.6 is 0 Å². The van der Waals surface area contributed by atoms with E-state index in [1.807, 2.05) is 19.9 Å². The van der Waals surface area contributed by atoms with Crippen molar-refractivity contribution >= 4 is 5.82 Å². The molecular weight excluding hydrogens is 226 g/mol. The Kier molecular flexibility index (Phi) is 4.16. The van der Waals surface area contributed by atoms with Gasteiger partial charge in [-0.15, -0.1) is 0 Å². The van der Waals surface area contributed by atoms with Crippen molar-refractivity contribution in [3.05, 3.63) is 22.9 Å². The van der Waals surface area contributed by atoms with Crippen LogP contribution in [0.4, 0.5) is 5.82 Å². The number of nitrogens with zero attached hydrogens (tertiary/aromatic N) is 2. The van der Waals surface area contributed by atoms with E-state index >= 15 is 0 Å². The Bertz CT molecular complexity index is 459. The summed E-state index contributed by atoms with van der Waals surface area (Å²) in [5.74, 6) is 1.23. The molecule has 1 N–H and O–H groups in total. The van der Waals surface area contributed by atoms with Crippen molar-refractivity contribution in [3.8, 4) is 6.07 Å². The van der Waals surface area contributed by atoms with Crippen molar-refractivity contribution in [2.24, 2.45) is 5.92 Å². The second-order valence-corrected chi connectivity index (χ2v) is 4.88. The molecule has 0 saturated carbocycles. The Morgan fingerprint density at radius 2 is 2.39 bits per heavy atom. The fourth-order valence-electron chi connectivity index (χ4n) is 2.32. The molecule has 1 aromatic rings. The highest BCUT2D eigenvalue weighted by atomic mass is 16.5. The summed E-state index contributed by atoms with van der Waals surface area (Å²) in [4.78, 5) is 4.41. The molecule has 0 radical (unpaired) electrons. The number of ether oxygens (including phenoxy) is 1. The largest absolute Gasteiger partial charge is 0.381 e. The SMILES string of the molecule is Cc1cc(C)c(C#N)c(NCC2CCCOC2)n1. The van der Waals surface area contributed by atoms with E-state index in [4.69, 9.17) is 4.74 Å². The van der Waals surface area contributed by atoms with Crippen LogP contribution in [0.3, 0.4) is 0 Å². The highest BCUT2D eigenvalue weighted by Crippen LogP contribution is 2.19. The lowest BCUT2D eigenvalue weighted by Crippen LogP contribution is -2.25. The molecule has 96 valence electrons. The van der Waals surface area contributed by atoms with E-state index in [9.17, 15) is 5.26 Å². The first kappa shape index (κ1) is 12.8. The minimum absolute atomic E-state index is 0.521. The number of hydrogen-bond donors (Lipinski definition) is 1. The van der Waals surface area contributed by atoms with E-state index < -0.39 is 0 Å². The number of nitriles is 1. The van der Waals surface area contributed by atoms with Gasteiger partial charge in [-0.2, -0.15) is 5.26 Å². The van der Waals surface area contributed by atoms with Crippen LogP contribution in [0.1, 0.15) is 29.7 Å². The minimum Gasteiger partial charge on any atom is -0.381 e. The van der Waals surface area contributed by atoms with Crippen molar-refractivity contribution in [2.75, 3.05) is 25.1 Å². The van der Waals surface area contributed by atoms with Crippen LogP contribution in [0.5, 0.6) is 0 Å². The molecule has 1 fully saturated rings. The zero-order valence-electron chi connectivity index (χ0n) is 11.0. The van der Waals surface area contributed by atoms with Gasteiger partial charge in [0, 0.05) is 18.8 Å². The van der Waals surface area contributed by atoms with Crippen molar-refractivity contribution < 1.29 is 4.74 Å². The summed E-state index contributed by atoms with van der Waals surface area (Å²) in [5, 5.41) is 12.5. The van der Waals surface area contributed by atoms with E-state index in [2.05, 4.69) is 16.4 Å². The quantitative estimate of drug-likeness (QED) is 0.888. The summed E-state index contributed by atoms with van der Waals surface area (Å²) in [7, 11) is 0. The van der Waals surface area contributed by atoms with Gasteiger partial charge in [-0.25, -0.2) is 4.98 Å². The van der Waals surface area contributed by atoms with E-state index in [1.165, 1.54) is 6.42 Å². The van der Waals surface area contributed by atoms with E-state index in [0.29, 0.717) is 17.3 Å². The Morgan fingerprint density at radius 3 is 3.06 bits per heavy atom. The Balaban J connectivity index is 2.06. The molecule has 2 heterocycles. The molecule has 0 amide bonds. The zero-order valence-corrected chi connectivity index (χ0v) is 11.0. The smallest absolute Gasteiger partial charge is 0.144 e. The average molecular weight is 245 g/mol. The van der Waals surface area contributed by atoms with E-state index in [-0.39, 0.29) is 0 Å². The maximum atomic E-state index is 9.17. The van der Waals surface area contributed by atoms with Gasteiger partial charge in [0.1, 0.15) is 11.9 Å². The van der Waals surface area contributed by atoms with Gasteiger partial charge in [0.2, 0.25) is 0 Å². The molecule has 0 aliphatic carbocycles. The third-order valence-corrected chi connectivity index (χ3v) is 3.27. The molecule has 1 unspecified atom stereocenters. The maximum absolute atomic E-state index is 9.17. The molecule has 1 atom stereocenters. The molecular formula is C14H19N3O. The van der Waals surface area contributed by atoms with Gasteiger partial charge in [0.15, 0.2) is 0 Å². The van der Waals surface area contributed by atoms with Gasteiger partial charge in [0.05, 0.1) is 12.2 Å². The number of anilines is 1. The van der Waals surface area contributed by atoms with E-state index in [1.54, 1.807) is 0 Å². The van der Waals surface area contributed by atoms with Gasteiger partial charge in [0.25, 0.3) is 0 Å². The molecule has 0 aromatic carbocycles. The van der Waals surface area contributed by atoms with Crippen LogP contribution < -0.4 is 5.32 Å². The molecule has 0 bridgehead atoms. The van der Waals surface area contributed by atoms with Gasteiger partial charge >= 0.3 is 0 Å². The second-order valence-electron chi connectivity index (χ2n) is 4.88. The molecule has 2 rings (SSSR count). The predicted octanol–water partition coefficient (Wildman–Crippen LogP) is 2.41. The first-order valence-electron chi connectivity index (χ1n) is 6.40. The normalized spacial score (nSPS) is 19.3. The summed E-state index contributed by atoms with van der Waals surface area (Å²) < 4.78 is 5.45. The summed E-state index contributed by atoms with van der Waals surface area (Å²) in [6, 6.07) is 4.16. The number of aryl methyl sites for hydroxylation is 2. The molecule has 0 spiro atoms. The molecule has 4 nitrogen and oxygen atoms in total. The van der Waals surface area contributed by atoms with Crippen LogP contribution in [0.2, 0.25) is 0 Å². The fourth-order valence-corrected chi connectivity index (χ4v) is 2.32. The zero-order chi connectivity index (χ0) is 13.0. The van der Waals surface area contributed by atoms with Crippen LogP contribution in [0, 0.1) is 31.1 Å². The lowest BCUT2D eigenvalue weighted by atomic mass is 10.0. The third kappa shape index (κ3) is 2.99. The van der Waals surface area contributed by atoms with Crippen LogP contribution in [-0.2, 0) is 4.74 Å². The monoisotopic (exact) mass is 245 g/mol. The Morgan fingerprint density at radius 1 is 1.56 bits per heavy atom. The molecule has 18 heavy (non-hydrogen) atoms. The van der Waals surface area contributed by atoms with Crippen LogP contribution in [-0.4, -0.2) is 24.7 Å². The first-order chi connectivity index (χ1) is 8.70.